The van der Waals surface area contributed by atoms with Crippen molar-refractivity contribution in [3.05, 3.63) is 59.9 Å². The summed E-state index contributed by atoms with van der Waals surface area (Å²) in [5, 5.41) is 0. The number of nitrogens with zero attached hydrogens (tertiary/aromatic N) is 2. The molecule has 0 saturated carbocycles. The van der Waals surface area contributed by atoms with Gasteiger partial charge in [0.15, 0.2) is 0 Å². The zero-order chi connectivity index (χ0) is 18.7. The molecule has 3 rings (SSSR count). The second-order valence-electron chi connectivity index (χ2n) is 6.10. The summed E-state index contributed by atoms with van der Waals surface area (Å²) in [6, 6.07) is 12.2. The number of halogens is 1. The number of amides is 2. The van der Waals surface area contributed by atoms with Crippen molar-refractivity contribution in [2.75, 3.05) is 24.6 Å². The van der Waals surface area contributed by atoms with Crippen molar-refractivity contribution >= 4 is 17.5 Å². The van der Waals surface area contributed by atoms with Crippen LogP contribution in [0.25, 0.3) is 0 Å². The van der Waals surface area contributed by atoms with Crippen LogP contribution < -0.4 is 9.64 Å². The fourth-order valence-corrected chi connectivity index (χ4v) is 3.08. The molecular formula is C20H21FN2O3. The highest BCUT2D eigenvalue weighted by Gasteiger charge is 2.35. The lowest BCUT2D eigenvalue weighted by Gasteiger charge is -2.39. The van der Waals surface area contributed by atoms with E-state index in [1.807, 2.05) is 31.2 Å². The van der Waals surface area contributed by atoms with Crippen LogP contribution in [0.1, 0.15) is 24.2 Å². The molecule has 1 atom stereocenters. The summed E-state index contributed by atoms with van der Waals surface area (Å²) in [6.07, 6.45) is 0. The zero-order valence-corrected chi connectivity index (χ0v) is 14.8. The minimum atomic E-state index is -0.619. The lowest BCUT2D eigenvalue weighted by molar-refractivity contribution is -0.124. The Morgan fingerprint density at radius 1 is 1.19 bits per heavy atom. The van der Waals surface area contributed by atoms with Gasteiger partial charge in [-0.15, -0.1) is 0 Å². The fourth-order valence-electron chi connectivity index (χ4n) is 3.08. The van der Waals surface area contributed by atoms with E-state index in [9.17, 15) is 14.0 Å². The number of carbonyl (C=O) groups excluding carboxylic acids is 2. The van der Waals surface area contributed by atoms with Crippen LogP contribution in [0, 0.1) is 5.82 Å². The highest BCUT2D eigenvalue weighted by Crippen LogP contribution is 2.24. The monoisotopic (exact) mass is 356 g/mol. The van der Waals surface area contributed by atoms with E-state index in [0.717, 1.165) is 11.4 Å². The minimum absolute atomic E-state index is 0.162. The van der Waals surface area contributed by atoms with Gasteiger partial charge < -0.3 is 14.5 Å². The number of rotatable bonds is 4. The van der Waals surface area contributed by atoms with E-state index in [-0.39, 0.29) is 17.4 Å². The van der Waals surface area contributed by atoms with Crippen LogP contribution in [0.4, 0.5) is 10.1 Å². The van der Waals surface area contributed by atoms with Gasteiger partial charge >= 0.3 is 0 Å². The predicted octanol–water partition coefficient (Wildman–Crippen LogP) is 3.10. The highest BCUT2D eigenvalue weighted by molar-refractivity contribution is 6.03. The van der Waals surface area contributed by atoms with Crippen LogP contribution in [0.5, 0.6) is 5.75 Å². The number of ether oxygens (including phenoxy) is 1. The fraction of sp³-hybridized carbons (Fsp3) is 0.300. The van der Waals surface area contributed by atoms with Gasteiger partial charge in [0, 0.05) is 24.3 Å². The van der Waals surface area contributed by atoms with Gasteiger partial charge in [-0.05, 0) is 56.3 Å². The third-order valence-electron chi connectivity index (χ3n) is 4.45. The van der Waals surface area contributed by atoms with Crippen molar-refractivity contribution in [1.29, 1.82) is 0 Å². The van der Waals surface area contributed by atoms with Gasteiger partial charge in [0.25, 0.3) is 5.91 Å². The van der Waals surface area contributed by atoms with E-state index in [0.29, 0.717) is 19.7 Å². The summed E-state index contributed by atoms with van der Waals surface area (Å²) in [5.41, 5.74) is 1.02. The summed E-state index contributed by atoms with van der Waals surface area (Å²) < 4.78 is 18.8. The SMILES string of the molecule is CCOc1ccc(N2CCN(C(=O)c3cccc(F)c3)C(C)C2=O)cc1. The third-order valence-corrected chi connectivity index (χ3v) is 4.45. The van der Waals surface area contributed by atoms with Crippen LogP contribution >= 0.6 is 0 Å². The summed E-state index contributed by atoms with van der Waals surface area (Å²) in [7, 11) is 0. The van der Waals surface area contributed by atoms with Crippen molar-refractivity contribution in [3.63, 3.8) is 0 Å². The number of hydrogen-bond acceptors (Lipinski definition) is 3. The molecule has 0 N–H and O–H groups in total. The molecule has 1 fully saturated rings. The van der Waals surface area contributed by atoms with E-state index in [4.69, 9.17) is 4.74 Å². The number of anilines is 1. The van der Waals surface area contributed by atoms with E-state index in [2.05, 4.69) is 0 Å². The highest BCUT2D eigenvalue weighted by atomic mass is 19.1. The molecule has 0 radical (unpaired) electrons. The second-order valence-corrected chi connectivity index (χ2v) is 6.10. The second kappa shape index (κ2) is 7.56. The molecule has 1 unspecified atom stereocenters. The molecular weight excluding hydrogens is 335 g/mol. The Balaban J connectivity index is 1.75. The molecule has 2 aromatic rings. The molecule has 1 aliphatic heterocycles. The lowest BCUT2D eigenvalue weighted by Crippen LogP contribution is -2.57. The van der Waals surface area contributed by atoms with Crippen LogP contribution in [0.2, 0.25) is 0 Å². The summed E-state index contributed by atoms with van der Waals surface area (Å²) in [4.78, 5) is 28.6. The van der Waals surface area contributed by atoms with E-state index in [1.165, 1.54) is 23.1 Å². The maximum absolute atomic E-state index is 13.4. The first-order valence-electron chi connectivity index (χ1n) is 8.62. The average molecular weight is 356 g/mol. The van der Waals surface area contributed by atoms with Crippen LogP contribution in [0.15, 0.2) is 48.5 Å². The minimum Gasteiger partial charge on any atom is -0.494 e. The van der Waals surface area contributed by atoms with Crippen LogP contribution in [-0.2, 0) is 4.79 Å². The zero-order valence-electron chi connectivity index (χ0n) is 14.8. The Morgan fingerprint density at radius 2 is 1.92 bits per heavy atom. The molecule has 5 nitrogen and oxygen atoms in total. The number of piperazine rings is 1. The van der Waals surface area contributed by atoms with E-state index in [1.54, 1.807) is 17.9 Å². The Bertz CT molecular complexity index is 807. The maximum atomic E-state index is 13.4. The normalized spacial score (nSPS) is 17.3. The van der Waals surface area contributed by atoms with Gasteiger partial charge in [-0.3, -0.25) is 9.59 Å². The largest absolute Gasteiger partial charge is 0.494 e. The van der Waals surface area contributed by atoms with E-state index >= 15 is 0 Å². The third kappa shape index (κ3) is 3.54. The van der Waals surface area contributed by atoms with Crippen molar-refractivity contribution < 1.29 is 18.7 Å². The Kier molecular flexibility index (Phi) is 5.21. The Labute approximate surface area is 152 Å². The molecule has 1 saturated heterocycles. The first-order chi connectivity index (χ1) is 12.5. The maximum Gasteiger partial charge on any atom is 0.254 e. The molecule has 136 valence electrons. The molecule has 6 heteroatoms. The van der Waals surface area contributed by atoms with E-state index < -0.39 is 11.9 Å². The first kappa shape index (κ1) is 17.9. The summed E-state index contributed by atoms with van der Waals surface area (Å²) >= 11 is 0. The van der Waals surface area contributed by atoms with Gasteiger partial charge in [-0.2, -0.15) is 0 Å². The van der Waals surface area contributed by atoms with Gasteiger partial charge in [0.1, 0.15) is 17.6 Å². The van der Waals surface area contributed by atoms with Gasteiger partial charge in [-0.1, -0.05) is 6.07 Å². The van der Waals surface area contributed by atoms with Crippen LogP contribution in [0.3, 0.4) is 0 Å². The molecule has 0 spiro atoms. The Hall–Kier alpha value is -2.89. The number of benzene rings is 2. The van der Waals surface area contributed by atoms with Crippen LogP contribution in [-0.4, -0.2) is 42.5 Å². The number of carbonyl (C=O) groups is 2. The predicted molar refractivity (Wildman–Crippen MR) is 96.9 cm³/mol. The van der Waals surface area contributed by atoms with Gasteiger partial charge in [0.2, 0.25) is 5.91 Å². The molecule has 0 aliphatic carbocycles. The van der Waals surface area contributed by atoms with Gasteiger partial charge in [-0.25, -0.2) is 4.39 Å². The standard InChI is InChI=1S/C20H21FN2O3/c1-3-26-18-9-7-17(8-10-18)23-12-11-22(14(2)19(23)24)20(25)15-5-4-6-16(21)13-15/h4-10,13-14H,3,11-12H2,1-2H3. The average Bonchev–Trinajstić information content (AvgIpc) is 2.64. The van der Waals surface area contributed by atoms with Crippen molar-refractivity contribution in [1.82, 2.24) is 4.90 Å². The van der Waals surface area contributed by atoms with Crippen molar-refractivity contribution in [2.24, 2.45) is 0 Å². The molecule has 26 heavy (non-hydrogen) atoms. The number of hydrogen-bond donors (Lipinski definition) is 0. The molecule has 1 aliphatic rings. The molecule has 1 heterocycles. The molecule has 0 bridgehead atoms. The molecule has 2 amide bonds. The topological polar surface area (TPSA) is 49.9 Å². The smallest absolute Gasteiger partial charge is 0.254 e. The van der Waals surface area contributed by atoms with Crippen molar-refractivity contribution in [3.8, 4) is 5.75 Å². The summed E-state index contributed by atoms with van der Waals surface area (Å²) in [6.45, 7) is 4.96. The Morgan fingerprint density at radius 3 is 2.58 bits per heavy atom. The summed E-state index contributed by atoms with van der Waals surface area (Å²) in [5.74, 6) is -0.221. The first-order valence-corrected chi connectivity index (χ1v) is 8.62. The van der Waals surface area contributed by atoms with Gasteiger partial charge in [0.05, 0.1) is 6.61 Å². The van der Waals surface area contributed by atoms with Crippen molar-refractivity contribution in [2.45, 2.75) is 19.9 Å². The molecule has 0 aromatic heterocycles. The quantitative estimate of drug-likeness (QED) is 0.846. The lowest BCUT2D eigenvalue weighted by atomic mass is 10.1. The molecule has 2 aromatic carbocycles.